The van der Waals surface area contributed by atoms with Crippen LogP contribution < -0.4 is 10.1 Å². The van der Waals surface area contributed by atoms with Crippen LogP contribution in [0.4, 0.5) is 0 Å². The molecule has 0 bridgehead atoms. The Morgan fingerprint density at radius 2 is 2.47 bits per heavy atom. The number of alkyl halides is 1. The first-order valence-corrected chi connectivity index (χ1v) is 7.07. The molecule has 0 spiro atoms. The number of carbonyl (C=O) groups excluding carboxylic acids is 1. The van der Waals surface area contributed by atoms with Gasteiger partial charge in [-0.15, -0.1) is 22.9 Å². The average molecular weight is 274 g/mol. The highest BCUT2D eigenvalue weighted by Gasteiger charge is 2.26. The lowest BCUT2D eigenvalue weighted by atomic mass is 10.1. The Morgan fingerprint density at radius 1 is 1.65 bits per heavy atom. The Labute approximate surface area is 110 Å². The Hall–Kier alpha value is -0.740. The van der Waals surface area contributed by atoms with Crippen molar-refractivity contribution in [1.29, 1.82) is 0 Å². The number of thiophene rings is 1. The third kappa shape index (κ3) is 2.93. The van der Waals surface area contributed by atoms with Crippen LogP contribution in [0, 0.1) is 5.92 Å². The van der Waals surface area contributed by atoms with Crippen LogP contribution in [-0.4, -0.2) is 24.9 Å². The number of nitrogens with one attached hydrogen (secondary N) is 1. The molecule has 1 aromatic rings. The summed E-state index contributed by atoms with van der Waals surface area (Å²) >= 11 is 7.57. The van der Waals surface area contributed by atoms with Gasteiger partial charge in [-0.05, 0) is 30.2 Å². The molecule has 1 N–H and O–H groups in total. The van der Waals surface area contributed by atoms with Gasteiger partial charge in [0, 0.05) is 11.9 Å². The summed E-state index contributed by atoms with van der Waals surface area (Å²) in [6.07, 6.45) is 3.33. The maximum atomic E-state index is 11.9. The van der Waals surface area contributed by atoms with E-state index >= 15 is 0 Å². The Kier molecular flexibility index (Phi) is 4.29. The smallest absolute Gasteiger partial charge is 0.265 e. The first-order valence-electron chi connectivity index (χ1n) is 5.76. The van der Waals surface area contributed by atoms with Crippen molar-refractivity contribution in [3.05, 3.63) is 16.3 Å². The zero-order valence-corrected chi connectivity index (χ0v) is 11.3. The van der Waals surface area contributed by atoms with E-state index in [0.29, 0.717) is 23.1 Å². The minimum absolute atomic E-state index is 0.0624. The van der Waals surface area contributed by atoms with Crippen molar-refractivity contribution in [3.8, 4) is 5.75 Å². The largest absolute Gasteiger partial charge is 0.495 e. The van der Waals surface area contributed by atoms with E-state index in [1.165, 1.54) is 11.3 Å². The van der Waals surface area contributed by atoms with Crippen LogP contribution in [0.25, 0.3) is 0 Å². The number of hydrogen-bond donors (Lipinski definition) is 1. The normalized spacial score (nSPS) is 23.6. The fraction of sp³-hybridized carbons (Fsp3) is 0.583. The maximum Gasteiger partial charge on any atom is 0.265 e. The van der Waals surface area contributed by atoms with Gasteiger partial charge < -0.3 is 10.1 Å². The van der Waals surface area contributed by atoms with Crippen molar-refractivity contribution in [3.63, 3.8) is 0 Å². The van der Waals surface area contributed by atoms with Crippen molar-refractivity contribution >= 4 is 28.8 Å². The molecule has 0 aliphatic heterocycles. The second-order valence-electron chi connectivity index (χ2n) is 4.24. The molecule has 5 heteroatoms. The molecule has 17 heavy (non-hydrogen) atoms. The quantitative estimate of drug-likeness (QED) is 0.857. The predicted molar refractivity (Wildman–Crippen MR) is 70.2 cm³/mol. The molecule has 1 fully saturated rings. The lowest BCUT2D eigenvalue weighted by molar-refractivity contribution is 0.0949. The van der Waals surface area contributed by atoms with Gasteiger partial charge in [0.05, 0.1) is 7.11 Å². The minimum atomic E-state index is -0.0624. The number of methoxy groups -OCH3 is 1. The number of rotatable bonds is 4. The molecule has 1 heterocycles. The van der Waals surface area contributed by atoms with Gasteiger partial charge in [0.15, 0.2) is 0 Å². The molecule has 1 amide bonds. The molecule has 1 aromatic heterocycles. The molecule has 3 nitrogen and oxygen atoms in total. The third-order valence-electron chi connectivity index (χ3n) is 3.15. The highest BCUT2D eigenvalue weighted by atomic mass is 35.5. The minimum Gasteiger partial charge on any atom is -0.495 e. The lowest BCUT2D eigenvalue weighted by Gasteiger charge is -2.14. The van der Waals surface area contributed by atoms with Gasteiger partial charge in [0.1, 0.15) is 10.6 Å². The van der Waals surface area contributed by atoms with E-state index < -0.39 is 0 Å². The van der Waals surface area contributed by atoms with Gasteiger partial charge in [-0.1, -0.05) is 6.42 Å². The molecule has 1 aliphatic rings. The highest BCUT2D eigenvalue weighted by molar-refractivity contribution is 7.12. The van der Waals surface area contributed by atoms with Crippen LogP contribution in [0.5, 0.6) is 5.75 Å². The fourth-order valence-electron chi connectivity index (χ4n) is 2.15. The van der Waals surface area contributed by atoms with Crippen LogP contribution in [-0.2, 0) is 0 Å². The first kappa shape index (κ1) is 12.7. The highest BCUT2D eigenvalue weighted by Crippen LogP contribution is 2.30. The van der Waals surface area contributed by atoms with E-state index in [9.17, 15) is 4.79 Å². The average Bonchev–Trinajstić information content (AvgIpc) is 2.94. The SMILES string of the molecule is COc1ccsc1C(=O)NCC1CCCC1Cl. The van der Waals surface area contributed by atoms with E-state index in [4.69, 9.17) is 16.3 Å². The summed E-state index contributed by atoms with van der Waals surface area (Å²) in [6, 6.07) is 1.81. The molecule has 94 valence electrons. The predicted octanol–water partition coefficient (Wildman–Crippen LogP) is 2.89. The zero-order chi connectivity index (χ0) is 12.3. The maximum absolute atomic E-state index is 11.9. The summed E-state index contributed by atoms with van der Waals surface area (Å²) in [5.74, 6) is 0.987. The molecule has 0 aromatic carbocycles. The van der Waals surface area contributed by atoms with Gasteiger partial charge in [-0.2, -0.15) is 0 Å². The lowest BCUT2D eigenvalue weighted by Crippen LogP contribution is -2.30. The van der Waals surface area contributed by atoms with Crippen molar-refractivity contribution in [2.75, 3.05) is 13.7 Å². The Balaban J connectivity index is 1.89. The number of carbonyl (C=O) groups is 1. The summed E-state index contributed by atoms with van der Waals surface area (Å²) in [6.45, 7) is 0.661. The first-order chi connectivity index (χ1) is 8.22. The molecular formula is C12H16ClNO2S. The molecule has 2 unspecified atom stereocenters. The number of hydrogen-bond acceptors (Lipinski definition) is 3. The molecule has 1 aliphatic carbocycles. The summed E-state index contributed by atoms with van der Waals surface area (Å²) in [5.41, 5.74) is 0. The van der Waals surface area contributed by atoms with E-state index in [2.05, 4.69) is 5.32 Å². The molecule has 2 atom stereocenters. The molecule has 1 saturated carbocycles. The summed E-state index contributed by atoms with van der Waals surface area (Å²) in [4.78, 5) is 12.6. The van der Waals surface area contributed by atoms with Crippen LogP contribution in [0.2, 0.25) is 0 Å². The van der Waals surface area contributed by atoms with Crippen LogP contribution in [0.1, 0.15) is 28.9 Å². The van der Waals surface area contributed by atoms with Gasteiger partial charge >= 0.3 is 0 Å². The summed E-state index contributed by atoms with van der Waals surface area (Å²) in [5, 5.41) is 5.00. The van der Waals surface area contributed by atoms with Gasteiger partial charge in [-0.25, -0.2) is 0 Å². The monoisotopic (exact) mass is 273 g/mol. The molecule has 0 radical (unpaired) electrons. The van der Waals surface area contributed by atoms with Crippen molar-refractivity contribution < 1.29 is 9.53 Å². The number of halogens is 1. The van der Waals surface area contributed by atoms with Crippen LogP contribution in [0.3, 0.4) is 0 Å². The topological polar surface area (TPSA) is 38.3 Å². The van der Waals surface area contributed by atoms with Gasteiger partial charge in [-0.3, -0.25) is 4.79 Å². The number of ether oxygens (including phenoxy) is 1. The molecule has 2 rings (SSSR count). The molecule has 0 saturated heterocycles. The number of amides is 1. The van der Waals surface area contributed by atoms with Gasteiger partial charge in [0.2, 0.25) is 0 Å². The van der Waals surface area contributed by atoms with Crippen molar-refractivity contribution in [2.45, 2.75) is 24.6 Å². The van der Waals surface area contributed by atoms with E-state index in [1.54, 1.807) is 13.2 Å². The zero-order valence-electron chi connectivity index (χ0n) is 9.74. The fourth-order valence-corrected chi connectivity index (χ4v) is 3.29. The summed E-state index contributed by atoms with van der Waals surface area (Å²) < 4.78 is 5.12. The van der Waals surface area contributed by atoms with Crippen molar-refractivity contribution in [2.24, 2.45) is 5.92 Å². The van der Waals surface area contributed by atoms with Gasteiger partial charge in [0.25, 0.3) is 5.91 Å². The van der Waals surface area contributed by atoms with E-state index in [1.807, 2.05) is 5.38 Å². The second kappa shape index (κ2) is 5.74. The van der Waals surface area contributed by atoms with Crippen LogP contribution >= 0.6 is 22.9 Å². The molecular weight excluding hydrogens is 258 g/mol. The second-order valence-corrected chi connectivity index (χ2v) is 5.71. The van der Waals surface area contributed by atoms with Crippen molar-refractivity contribution in [1.82, 2.24) is 5.32 Å². The Morgan fingerprint density at radius 3 is 3.12 bits per heavy atom. The van der Waals surface area contributed by atoms with Crippen LogP contribution in [0.15, 0.2) is 11.4 Å². The third-order valence-corrected chi connectivity index (χ3v) is 4.62. The van der Waals surface area contributed by atoms with E-state index in [-0.39, 0.29) is 11.3 Å². The standard InChI is InChI=1S/C12H16ClNO2S/c1-16-10-5-6-17-11(10)12(15)14-7-8-3-2-4-9(8)13/h5-6,8-9H,2-4,7H2,1H3,(H,14,15). The summed E-state index contributed by atoms with van der Waals surface area (Å²) in [7, 11) is 1.57. The Bertz CT molecular complexity index is 394. The van der Waals surface area contributed by atoms with E-state index in [0.717, 1.165) is 19.3 Å².